The molecule has 0 spiro atoms. The number of nitrogens with one attached hydrogen (secondary N) is 1. The van der Waals surface area contributed by atoms with E-state index in [0.717, 1.165) is 4.90 Å². The first kappa shape index (κ1) is 12.3. The molecule has 1 unspecified atom stereocenters. The number of hydrogen-bond donors (Lipinski definition) is 2. The zero-order valence-electron chi connectivity index (χ0n) is 9.94. The van der Waals surface area contributed by atoms with Gasteiger partial charge in [-0.2, -0.15) is 0 Å². The van der Waals surface area contributed by atoms with Crippen molar-refractivity contribution in [2.75, 3.05) is 18.1 Å². The summed E-state index contributed by atoms with van der Waals surface area (Å²) in [6.07, 6.45) is 0.601. The van der Waals surface area contributed by atoms with E-state index in [1.54, 1.807) is 6.07 Å². The van der Waals surface area contributed by atoms with Crippen LogP contribution in [0.4, 0.5) is 15.8 Å². The molecule has 2 rings (SSSR count). The number of halogens is 1. The molecule has 0 saturated carbocycles. The van der Waals surface area contributed by atoms with E-state index in [0.29, 0.717) is 6.42 Å². The van der Waals surface area contributed by atoms with Crippen LogP contribution in [-0.2, 0) is 9.59 Å². The third-order valence-corrected chi connectivity index (χ3v) is 3.01. The molecule has 1 saturated heterocycles. The molecule has 1 heterocycles. The van der Waals surface area contributed by atoms with Crippen LogP contribution in [0, 0.1) is 5.82 Å². The van der Waals surface area contributed by atoms with Crippen LogP contribution >= 0.6 is 0 Å². The minimum atomic E-state index is -0.619. The summed E-state index contributed by atoms with van der Waals surface area (Å²) in [5.74, 6) is -1.10. The Bertz CT molecular complexity index is 484. The van der Waals surface area contributed by atoms with Gasteiger partial charge in [0.15, 0.2) is 0 Å². The number of carbonyl (C=O) groups excluding carboxylic acids is 2. The van der Waals surface area contributed by atoms with Crippen molar-refractivity contribution in [1.29, 1.82) is 0 Å². The molecule has 0 aromatic heterocycles. The third kappa shape index (κ3) is 2.13. The molecule has 1 aliphatic rings. The molecular weight excluding hydrogens is 237 g/mol. The van der Waals surface area contributed by atoms with Crippen LogP contribution in [0.5, 0.6) is 0 Å². The van der Waals surface area contributed by atoms with E-state index in [1.807, 2.05) is 0 Å². The molecule has 1 aromatic carbocycles. The first-order chi connectivity index (χ1) is 8.50. The SMILES string of the molecule is CN1C(=O)CCC(Nc2c(N)cccc2F)C1=O. The Morgan fingerprint density at radius 2 is 2.17 bits per heavy atom. The number of likely N-dealkylation sites (N-methyl/N-ethyl adjacent to an activating group) is 1. The van der Waals surface area contributed by atoms with Gasteiger partial charge in [-0.25, -0.2) is 4.39 Å². The van der Waals surface area contributed by atoms with Gasteiger partial charge in [-0.3, -0.25) is 14.5 Å². The van der Waals surface area contributed by atoms with Crippen molar-refractivity contribution in [1.82, 2.24) is 4.90 Å². The van der Waals surface area contributed by atoms with E-state index in [1.165, 1.54) is 19.2 Å². The highest BCUT2D eigenvalue weighted by Gasteiger charge is 2.32. The van der Waals surface area contributed by atoms with Gasteiger partial charge < -0.3 is 11.1 Å². The molecule has 1 aromatic rings. The number of imide groups is 1. The first-order valence-electron chi connectivity index (χ1n) is 5.61. The largest absolute Gasteiger partial charge is 0.397 e. The first-order valence-corrected chi connectivity index (χ1v) is 5.61. The fourth-order valence-electron chi connectivity index (χ4n) is 1.92. The molecule has 1 fully saturated rings. The van der Waals surface area contributed by atoms with Crippen molar-refractivity contribution in [3.05, 3.63) is 24.0 Å². The number of nitrogens with zero attached hydrogens (tertiary/aromatic N) is 1. The Labute approximate surface area is 104 Å². The Morgan fingerprint density at radius 3 is 2.83 bits per heavy atom. The molecule has 0 radical (unpaired) electrons. The van der Waals surface area contributed by atoms with Gasteiger partial charge in [0.2, 0.25) is 5.91 Å². The highest BCUT2D eigenvalue weighted by Crippen LogP contribution is 2.25. The number of para-hydroxylation sites is 1. The van der Waals surface area contributed by atoms with Crippen LogP contribution in [0.25, 0.3) is 0 Å². The molecule has 0 aliphatic carbocycles. The van der Waals surface area contributed by atoms with E-state index in [4.69, 9.17) is 5.73 Å². The maximum atomic E-state index is 13.6. The summed E-state index contributed by atoms with van der Waals surface area (Å²) >= 11 is 0. The van der Waals surface area contributed by atoms with Gasteiger partial charge in [0.25, 0.3) is 5.91 Å². The van der Waals surface area contributed by atoms with E-state index in [2.05, 4.69) is 5.32 Å². The van der Waals surface area contributed by atoms with Crippen molar-refractivity contribution < 1.29 is 14.0 Å². The lowest BCUT2D eigenvalue weighted by Crippen LogP contribution is -2.48. The van der Waals surface area contributed by atoms with Crippen LogP contribution in [0.3, 0.4) is 0 Å². The van der Waals surface area contributed by atoms with Gasteiger partial charge in [-0.1, -0.05) is 6.07 Å². The summed E-state index contributed by atoms with van der Waals surface area (Å²) in [4.78, 5) is 24.2. The lowest BCUT2D eigenvalue weighted by Gasteiger charge is -2.29. The van der Waals surface area contributed by atoms with Crippen molar-refractivity contribution in [3.8, 4) is 0 Å². The second kappa shape index (κ2) is 4.64. The molecule has 2 amide bonds. The Balaban J connectivity index is 2.19. The third-order valence-electron chi connectivity index (χ3n) is 3.01. The maximum absolute atomic E-state index is 13.6. The second-order valence-corrected chi connectivity index (χ2v) is 4.23. The molecule has 3 N–H and O–H groups in total. The molecule has 1 aliphatic heterocycles. The number of nitrogen functional groups attached to an aromatic ring is 1. The number of rotatable bonds is 2. The molecule has 96 valence electrons. The van der Waals surface area contributed by atoms with Gasteiger partial charge in [-0.15, -0.1) is 0 Å². The van der Waals surface area contributed by atoms with E-state index >= 15 is 0 Å². The van der Waals surface area contributed by atoms with Crippen LogP contribution < -0.4 is 11.1 Å². The van der Waals surface area contributed by atoms with Crippen molar-refractivity contribution in [3.63, 3.8) is 0 Å². The summed E-state index contributed by atoms with van der Waals surface area (Å²) in [5, 5.41) is 2.77. The minimum absolute atomic E-state index is 0.110. The number of amides is 2. The van der Waals surface area contributed by atoms with Crippen LogP contribution in [0.1, 0.15) is 12.8 Å². The lowest BCUT2D eigenvalue weighted by molar-refractivity contribution is -0.146. The molecule has 5 nitrogen and oxygen atoms in total. The average Bonchev–Trinajstić information content (AvgIpc) is 2.34. The fraction of sp³-hybridized carbons (Fsp3) is 0.333. The molecule has 18 heavy (non-hydrogen) atoms. The van der Waals surface area contributed by atoms with Gasteiger partial charge in [0.1, 0.15) is 11.9 Å². The smallest absolute Gasteiger partial charge is 0.251 e. The minimum Gasteiger partial charge on any atom is -0.397 e. The molecule has 6 heteroatoms. The number of anilines is 2. The van der Waals surface area contributed by atoms with Gasteiger partial charge in [0.05, 0.1) is 11.4 Å². The van der Waals surface area contributed by atoms with E-state index < -0.39 is 11.9 Å². The number of benzene rings is 1. The van der Waals surface area contributed by atoms with Gasteiger partial charge in [0, 0.05) is 13.5 Å². The predicted molar refractivity (Wildman–Crippen MR) is 65.2 cm³/mol. The zero-order chi connectivity index (χ0) is 13.3. The predicted octanol–water partition coefficient (Wildman–Crippen LogP) is 0.967. The van der Waals surface area contributed by atoms with Crippen molar-refractivity contribution in [2.45, 2.75) is 18.9 Å². The maximum Gasteiger partial charge on any atom is 0.251 e. The topological polar surface area (TPSA) is 75.4 Å². The number of carbonyl (C=O) groups is 2. The summed E-state index contributed by atoms with van der Waals surface area (Å²) in [6.45, 7) is 0. The Kier molecular flexibility index (Phi) is 3.18. The fourth-order valence-corrected chi connectivity index (χ4v) is 1.92. The number of likely N-dealkylation sites (tertiary alicyclic amines) is 1. The van der Waals surface area contributed by atoms with Crippen molar-refractivity contribution >= 4 is 23.2 Å². The Hall–Kier alpha value is -2.11. The number of nitrogens with two attached hydrogens (primary N) is 1. The van der Waals surface area contributed by atoms with E-state index in [-0.39, 0.29) is 29.6 Å². The molecule has 0 bridgehead atoms. The zero-order valence-corrected chi connectivity index (χ0v) is 9.94. The summed E-state index contributed by atoms with van der Waals surface area (Å²) in [6, 6.07) is 3.69. The molecular formula is C12H14FN3O2. The number of hydrogen-bond acceptors (Lipinski definition) is 4. The quantitative estimate of drug-likeness (QED) is 0.606. The van der Waals surface area contributed by atoms with Gasteiger partial charge >= 0.3 is 0 Å². The summed E-state index contributed by atoms with van der Waals surface area (Å²) in [5.41, 5.74) is 6.00. The van der Waals surface area contributed by atoms with Crippen LogP contribution in [-0.4, -0.2) is 29.8 Å². The summed E-state index contributed by atoms with van der Waals surface area (Å²) in [7, 11) is 1.42. The monoisotopic (exact) mass is 251 g/mol. The van der Waals surface area contributed by atoms with E-state index in [9.17, 15) is 14.0 Å². The highest BCUT2D eigenvalue weighted by molar-refractivity contribution is 6.01. The average molecular weight is 251 g/mol. The van der Waals surface area contributed by atoms with Gasteiger partial charge in [-0.05, 0) is 18.6 Å². The van der Waals surface area contributed by atoms with Crippen LogP contribution in [0.2, 0.25) is 0 Å². The van der Waals surface area contributed by atoms with Crippen molar-refractivity contribution in [2.24, 2.45) is 0 Å². The lowest BCUT2D eigenvalue weighted by atomic mass is 10.0. The second-order valence-electron chi connectivity index (χ2n) is 4.23. The normalized spacial score (nSPS) is 20.1. The highest BCUT2D eigenvalue weighted by atomic mass is 19.1. The summed E-state index contributed by atoms with van der Waals surface area (Å²) < 4.78 is 13.6. The standard InChI is InChI=1S/C12H14FN3O2/c1-16-10(17)6-5-9(12(16)18)15-11-7(13)3-2-4-8(11)14/h2-4,9,15H,5-6,14H2,1H3. The molecule has 1 atom stereocenters. The number of piperidine rings is 1. The van der Waals surface area contributed by atoms with Crippen LogP contribution in [0.15, 0.2) is 18.2 Å². The Morgan fingerprint density at radius 1 is 1.44 bits per heavy atom.